The van der Waals surface area contributed by atoms with Gasteiger partial charge < -0.3 is 14.7 Å². The summed E-state index contributed by atoms with van der Waals surface area (Å²) < 4.78 is 5.48. The van der Waals surface area contributed by atoms with Crippen LogP contribution in [0.15, 0.2) is 23.0 Å². The number of hydrogen-bond donors (Lipinski definition) is 2. The average Bonchev–Trinajstić information content (AvgIpc) is 2.78. The molecule has 2 aromatic rings. The van der Waals surface area contributed by atoms with Crippen LogP contribution < -0.4 is 5.69 Å². The molecule has 1 atom stereocenters. The summed E-state index contributed by atoms with van der Waals surface area (Å²) in [6.45, 7) is 0.652. The van der Waals surface area contributed by atoms with Crippen LogP contribution in [0.25, 0.3) is 11.0 Å². The number of fused-ring (bicyclic) bond motifs is 1. The molecule has 3 rings (SSSR count). The van der Waals surface area contributed by atoms with E-state index in [4.69, 9.17) is 4.74 Å². The molecule has 1 aromatic carbocycles. The molecule has 2 heterocycles. The fourth-order valence-electron chi connectivity index (χ4n) is 2.32. The number of hydrogen-bond acceptors (Lipinski definition) is 3. The SMILES string of the molecule is O=C(c1ccc2[nH]c(=O)[nH]c2c1)C1CCCCO1. The number of Topliss-reactive ketones (excluding diaryl/α,β-unsaturated/α-hetero) is 1. The van der Waals surface area contributed by atoms with E-state index in [2.05, 4.69) is 9.97 Å². The second kappa shape index (κ2) is 4.42. The van der Waals surface area contributed by atoms with Gasteiger partial charge in [-0.2, -0.15) is 0 Å². The number of carbonyl (C=O) groups excluding carboxylic acids is 1. The number of nitrogens with one attached hydrogen (secondary N) is 2. The number of rotatable bonds is 2. The van der Waals surface area contributed by atoms with Gasteiger partial charge in [-0.05, 0) is 37.5 Å². The molecule has 1 aliphatic heterocycles. The molecule has 1 aliphatic rings. The summed E-state index contributed by atoms with van der Waals surface area (Å²) >= 11 is 0. The van der Waals surface area contributed by atoms with Crippen LogP contribution in [-0.4, -0.2) is 28.5 Å². The van der Waals surface area contributed by atoms with Crippen molar-refractivity contribution >= 4 is 16.8 Å². The van der Waals surface area contributed by atoms with Crippen molar-refractivity contribution in [1.82, 2.24) is 9.97 Å². The Morgan fingerprint density at radius 1 is 1.22 bits per heavy atom. The zero-order chi connectivity index (χ0) is 12.5. The van der Waals surface area contributed by atoms with Crippen molar-refractivity contribution in [1.29, 1.82) is 0 Å². The van der Waals surface area contributed by atoms with E-state index in [9.17, 15) is 9.59 Å². The van der Waals surface area contributed by atoms with E-state index in [1.807, 2.05) is 0 Å². The lowest BCUT2D eigenvalue weighted by Crippen LogP contribution is -2.28. The minimum atomic E-state index is -0.332. The zero-order valence-electron chi connectivity index (χ0n) is 9.86. The normalized spacial score (nSPS) is 20.1. The highest BCUT2D eigenvalue weighted by atomic mass is 16.5. The molecule has 5 nitrogen and oxygen atoms in total. The monoisotopic (exact) mass is 246 g/mol. The maximum absolute atomic E-state index is 12.2. The van der Waals surface area contributed by atoms with Gasteiger partial charge >= 0.3 is 5.69 Å². The van der Waals surface area contributed by atoms with Gasteiger partial charge in [0.15, 0.2) is 5.78 Å². The van der Waals surface area contributed by atoms with Crippen molar-refractivity contribution in [3.8, 4) is 0 Å². The van der Waals surface area contributed by atoms with Gasteiger partial charge in [-0.25, -0.2) is 4.79 Å². The quantitative estimate of drug-likeness (QED) is 0.790. The van der Waals surface area contributed by atoms with E-state index in [0.717, 1.165) is 19.3 Å². The first kappa shape index (κ1) is 11.2. The number of aromatic nitrogens is 2. The van der Waals surface area contributed by atoms with Crippen molar-refractivity contribution in [3.63, 3.8) is 0 Å². The Bertz CT molecular complexity index is 635. The summed E-state index contributed by atoms with van der Waals surface area (Å²) in [5.74, 6) is -0.00125. The van der Waals surface area contributed by atoms with Crippen LogP contribution in [0.5, 0.6) is 0 Å². The molecular weight excluding hydrogens is 232 g/mol. The molecule has 2 N–H and O–H groups in total. The second-order valence-corrected chi connectivity index (χ2v) is 4.56. The molecule has 1 saturated heterocycles. The summed E-state index contributed by atoms with van der Waals surface area (Å²) in [6.07, 6.45) is 2.50. The van der Waals surface area contributed by atoms with Gasteiger partial charge in [-0.3, -0.25) is 4.79 Å². The molecule has 1 aromatic heterocycles. The Balaban J connectivity index is 1.92. The van der Waals surface area contributed by atoms with Gasteiger partial charge in [-0.15, -0.1) is 0 Å². The molecule has 94 valence electrons. The molecule has 0 amide bonds. The molecule has 1 fully saturated rings. The number of aromatic amines is 2. The Hall–Kier alpha value is -1.88. The Morgan fingerprint density at radius 2 is 2.06 bits per heavy atom. The highest BCUT2D eigenvalue weighted by Gasteiger charge is 2.23. The molecule has 0 bridgehead atoms. The summed E-state index contributed by atoms with van der Waals surface area (Å²) in [5, 5.41) is 0. The van der Waals surface area contributed by atoms with Gasteiger partial charge in [0.05, 0.1) is 11.0 Å². The fourth-order valence-corrected chi connectivity index (χ4v) is 2.32. The first-order valence-electron chi connectivity index (χ1n) is 6.12. The van der Waals surface area contributed by atoms with Crippen LogP contribution in [0.3, 0.4) is 0 Å². The molecular formula is C13H14N2O3. The van der Waals surface area contributed by atoms with Crippen molar-refractivity contribution in [3.05, 3.63) is 34.2 Å². The van der Waals surface area contributed by atoms with E-state index in [1.54, 1.807) is 18.2 Å². The molecule has 0 radical (unpaired) electrons. The second-order valence-electron chi connectivity index (χ2n) is 4.56. The van der Waals surface area contributed by atoms with Gasteiger partial charge in [-0.1, -0.05) is 0 Å². The Kier molecular flexibility index (Phi) is 2.76. The lowest BCUT2D eigenvalue weighted by molar-refractivity contribution is 0.0186. The van der Waals surface area contributed by atoms with E-state index in [0.29, 0.717) is 23.2 Å². The summed E-state index contributed by atoms with van der Waals surface area (Å²) in [5.41, 5.74) is 1.69. The number of H-pyrrole nitrogens is 2. The highest BCUT2D eigenvalue weighted by molar-refractivity contribution is 6.01. The lowest BCUT2D eigenvalue weighted by atomic mass is 9.99. The predicted molar refractivity (Wildman–Crippen MR) is 66.8 cm³/mol. The van der Waals surface area contributed by atoms with Crippen LogP contribution in [0.4, 0.5) is 0 Å². The van der Waals surface area contributed by atoms with E-state index >= 15 is 0 Å². The topological polar surface area (TPSA) is 75.0 Å². The summed E-state index contributed by atoms with van der Waals surface area (Å²) in [4.78, 5) is 28.7. The third-order valence-corrected chi connectivity index (χ3v) is 3.27. The summed E-state index contributed by atoms with van der Waals surface area (Å²) in [7, 11) is 0. The lowest BCUT2D eigenvalue weighted by Gasteiger charge is -2.21. The minimum absolute atomic E-state index is 0.00125. The molecule has 0 saturated carbocycles. The van der Waals surface area contributed by atoms with Gasteiger partial charge in [0.1, 0.15) is 6.10 Å². The highest BCUT2D eigenvalue weighted by Crippen LogP contribution is 2.19. The van der Waals surface area contributed by atoms with Crippen molar-refractivity contribution in [2.75, 3.05) is 6.61 Å². The van der Waals surface area contributed by atoms with E-state index in [-0.39, 0.29) is 17.6 Å². The summed E-state index contributed by atoms with van der Waals surface area (Å²) in [6, 6.07) is 5.17. The number of imidazole rings is 1. The molecule has 18 heavy (non-hydrogen) atoms. The van der Waals surface area contributed by atoms with Crippen LogP contribution in [0, 0.1) is 0 Å². The fraction of sp³-hybridized carbons (Fsp3) is 0.385. The molecule has 5 heteroatoms. The number of carbonyl (C=O) groups is 1. The van der Waals surface area contributed by atoms with Crippen molar-refractivity contribution in [2.45, 2.75) is 25.4 Å². The molecule has 0 aliphatic carbocycles. The Labute approximate surface area is 103 Å². The number of ether oxygens (including phenoxy) is 1. The Morgan fingerprint density at radius 3 is 2.83 bits per heavy atom. The van der Waals surface area contributed by atoms with Crippen molar-refractivity contribution in [2.24, 2.45) is 0 Å². The van der Waals surface area contributed by atoms with Crippen LogP contribution in [-0.2, 0) is 4.74 Å². The zero-order valence-corrected chi connectivity index (χ0v) is 9.86. The average molecular weight is 246 g/mol. The first-order chi connectivity index (χ1) is 8.74. The van der Waals surface area contributed by atoms with Crippen LogP contribution >= 0.6 is 0 Å². The smallest absolute Gasteiger partial charge is 0.323 e. The predicted octanol–water partition coefficient (Wildman–Crippen LogP) is 1.61. The number of benzene rings is 1. The van der Waals surface area contributed by atoms with Crippen LogP contribution in [0.2, 0.25) is 0 Å². The number of ketones is 1. The van der Waals surface area contributed by atoms with Gasteiger partial charge in [0, 0.05) is 12.2 Å². The molecule has 1 unspecified atom stereocenters. The minimum Gasteiger partial charge on any atom is -0.370 e. The van der Waals surface area contributed by atoms with Crippen molar-refractivity contribution < 1.29 is 9.53 Å². The first-order valence-corrected chi connectivity index (χ1v) is 6.12. The van der Waals surface area contributed by atoms with Gasteiger partial charge in [0.2, 0.25) is 0 Å². The van der Waals surface area contributed by atoms with E-state index < -0.39 is 0 Å². The standard InChI is InChI=1S/C13H14N2O3/c16-12(11-3-1-2-6-18-11)8-4-5-9-10(7-8)15-13(17)14-9/h4-5,7,11H,1-3,6H2,(H2,14,15,17). The largest absolute Gasteiger partial charge is 0.370 e. The van der Waals surface area contributed by atoms with Gasteiger partial charge in [0.25, 0.3) is 0 Å². The maximum Gasteiger partial charge on any atom is 0.323 e. The van der Waals surface area contributed by atoms with E-state index in [1.165, 1.54) is 0 Å². The third-order valence-electron chi connectivity index (χ3n) is 3.27. The third kappa shape index (κ3) is 1.97. The molecule has 0 spiro atoms. The van der Waals surface area contributed by atoms with Crippen LogP contribution in [0.1, 0.15) is 29.6 Å². The maximum atomic E-state index is 12.2.